The Morgan fingerprint density at radius 2 is 2.29 bits per heavy atom. The van der Waals surface area contributed by atoms with Gasteiger partial charge in [0.15, 0.2) is 0 Å². The van der Waals surface area contributed by atoms with Crippen LogP contribution >= 0.6 is 11.5 Å². The summed E-state index contributed by atoms with van der Waals surface area (Å²) in [6.45, 7) is 4.40. The second kappa shape index (κ2) is 4.67. The zero-order chi connectivity index (χ0) is 12.4. The van der Waals surface area contributed by atoms with Crippen molar-refractivity contribution in [1.82, 2.24) is 19.2 Å². The first kappa shape index (κ1) is 11.8. The molecule has 0 aromatic carbocycles. The average Bonchev–Trinajstić information content (AvgIpc) is 2.91. The maximum absolute atomic E-state index is 11.7. The maximum Gasteiger partial charge on any atom is 0.254 e. The first-order valence-electron chi connectivity index (χ1n) is 5.26. The monoisotopic (exact) mass is 250 g/mol. The molecule has 0 bridgehead atoms. The third-order valence-corrected chi connectivity index (χ3v) is 3.40. The molecule has 0 aliphatic rings. The summed E-state index contributed by atoms with van der Waals surface area (Å²) in [6.07, 6.45) is 1.56. The Bertz CT molecular complexity index is 530. The van der Waals surface area contributed by atoms with Crippen molar-refractivity contribution in [2.45, 2.75) is 20.4 Å². The Labute approximate surface area is 104 Å². The SMILES string of the molecule is Cc1nc(CNC(=O)c2cnsc2)n(C)c1C. The summed E-state index contributed by atoms with van der Waals surface area (Å²) in [7, 11) is 1.95. The zero-order valence-electron chi connectivity index (χ0n) is 10.0. The molecule has 1 N–H and O–H groups in total. The number of nitrogens with one attached hydrogen (secondary N) is 1. The van der Waals surface area contributed by atoms with Gasteiger partial charge in [-0.3, -0.25) is 4.79 Å². The summed E-state index contributed by atoms with van der Waals surface area (Å²) in [5, 5.41) is 4.55. The van der Waals surface area contributed by atoms with Crippen LogP contribution in [0, 0.1) is 13.8 Å². The highest BCUT2D eigenvalue weighted by Crippen LogP contribution is 2.08. The molecule has 90 valence electrons. The van der Waals surface area contributed by atoms with Crippen molar-refractivity contribution in [2.24, 2.45) is 7.05 Å². The predicted octanol–water partition coefficient (Wildman–Crippen LogP) is 1.42. The van der Waals surface area contributed by atoms with E-state index in [0.717, 1.165) is 17.2 Å². The van der Waals surface area contributed by atoms with Gasteiger partial charge >= 0.3 is 0 Å². The molecule has 0 aliphatic carbocycles. The lowest BCUT2D eigenvalue weighted by Gasteiger charge is -2.04. The van der Waals surface area contributed by atoms with Crippen molar-refractivity contribution >= 4 is 17.4 Å². The Balaban J connectivity index is 2.03. The number of hydrogen-bond donors (Lipinski definition) is 1. The van der Waals surface area contributed by atoms with Gasteiger partial charge in [0, 0.05) is 18.1 Å². The van der Waals surface area contributed by atoms with Crippen molar-refractivity contribution in [1.29, 1.82) is 0 Å². The molecule has 0 fully saturated rings. The van der Waals surface area contributed by atoms with Crippen molar-refractivity contribution in [2.75, 3.05) is 0 Å². The number of hydrogen-bond acceptors (Lipinski definition) is 4. The minimum Gasteiger partial charge on any atom is -0.345 e. The molecule has 2 heterocycles. The van der Waals surface area contributed by atoms with E-state index in [1.54, 1.807) is 11.6 Å². The van der Waals surface area contributed by atoms with E-state index in [1.165, 1.54) is 11.5 Å². The van der Waals surface area contributed by atoms with E-state index in [4.69, 9.17) is 0 Å². The number of aromatic nitrogens is 3. The van der Waals surface area contributed by atoms with Crippen LogP contribution in [0.5, 0.6) is 0 Å². The van der Waals surface area contributed by atoms with E-state index in [-0.39, 0.29) is 5.91 Å². The first-order chi connectivity index (χ1) is 8.09. The number of rotatable bonds is 3. The summed E-state index contributed by atoms with van der Waals surface area (Å²) < 4.78 is 5.88. The molecule has 0 unspecified atom stereocenters. The van der Waals surface area contributed by atoms with E-state index in [2.05, 4.69) is 14.7 Å². The molecule has 0 atom stereocenters. The Morgan fingerprint density at radius 3 is 2.82 bits per heavy atom. The summed E-state index contributed by atoms with van der Waals surface area (Å²) in [4.78, 5) is 16.1. The van der Waals surface area contributed by atoms with Crippen LogP contribution in [-0.2, 0) is 13.6 Å². The smallest absolute Gasteiger partial charge is 0.254 e. The minimum absolute atomic E-state index is 0.114. The molecule has 5 nitrogen and oxygen atoms in total. The van der Waals surface area contributed by atoms with Gasteiger partial charge < -0.3 is 9.88 Å². The quantitative estimate of drug-likeness (QED) is 0.896. The molecule has 0 saturated heterocycles. The topological polar surface area (TPSA) is 59.8 Å². The van der Waals surface area contributed by atoms with Crippen LogP contribution in [-0.4, -0.2) is 19.8 Å². The van der Waals surface area contributed by atoms with Crippen molar-refractivity contribution in [3.05, 3.63) is 34.4 Å². The molecule has 0 saturated carbocycles. The zero-order valence-corrected chi connectivity index (χ0v) is 10.8. The molecule has 0 aliphatic heterocycles. The summed E-state index contributed by atoms with van der Waals surface area (Å²) in [5.41, 5.74) is 2.71. The van der Waals surface area contributed by atoms with Crippen LogP contribution < -0.4 is 5.32 Å². The van der Waals surface area contributed by atoms with Crippen LogP contribution in [0.25, 0.3) is 0 Å². The second-order valence-corrected chi connectivity index (χ2v) is 4.51. The molecular weight excluding hydrogens is 236 g/mol. The van der Waals surface area contributed by atoms with E-state index in [9.17, 15) is 4.79 Å². The van der Waals surface area contributed by atoms with E-state index < -0.39 is 0 Å². The molecule has 0 radical (unpaired) electrons. The van der Waals surface area contributed by atoms with Gasteiger partial charge in [-0.05, 0) is 25.4 Å². The molecule has 17 heavy (non-hydrogen) atoms. The molecule has 2 aromatic heterocycles. The highest BCUT2D eigenvalue weighted by molar-refractivity contribution is 7.03. The third kappa shape index (κ3) is 2.36. The fraction of sp³-hybridized carbons (Fsp3) is 0.364. The highest BCUT2D eigenvalue weighted by Gasteiger charge is 2.10. The molecule has 2 aromatic rings. The summed E-state index contributed by atoms with van der Waals surface area (Å²) >= 11 is 1.27. The lowest BCUT2D eigenvalue weighted by molar-refractivity contribution is 0.0950. The second-order valence-electron chi connectivity index (χ2n) is 3.85. The standard InChI is InChI=1S/C11H14N4OS/c1-7-8(2)15(3)10(14-7)5-12-11(16)9-4-13-17-6-9/h4,6H,5H2,1-3H3,(H,12,16). The molecular formula is C11H14N4OS. The molecule has 6 heteroatoms. The Hall–Kier alpha value is -1.69. The van der Waals surface area contributed by atoms with Gasteiger partial charge in [0.25, 0.3) is 5.91 Å². The van der Waals surface area contributed by atoms with Gasteiger partial charge in [-0.25, -0.2) is 9.36 Å². The Morgan fingerprint density at radius 1 is 1.53 bits per heavy atom. The van der Waals surface area contributed by atoms with Crippen LogP contribution in [0.4, 0.5) is 0 Å². The van der Waals surface area contributed by atoms with Gasteiger partial charge in [0.1, 0.15) is 5.82 Å². The number of carbonyl (C=O) groups is 1. The third-order valence-electron chi connectivity index (χ3n) is 2.81. The van der Waals surface area contributed by atoms with Crippen molar-refractivity contribution < 1.29 is 4.79 Å². The normalized spacial score (nSPS) is 10.5. The van der Waals surface area contributed by atoms with Gasteiger partial charge in [-0.15, -0.1) is 0 Å². The number of carbonyl (C=O) groups excluding carboxylic acids is 1. The highest BCUT2D eigenvalue weighted by atomic mass is 32.1. The Kier molecular flexibility index (Phi) is 3.23. The molecule has 2 rings (SSSR count). The number of aryl methyl sites for hydroxylation is 1. The summed E-state index contributed by atoms with van der Waals surface area (Å²) in [6, 6.07) is 0. The fourth-order valence-electron chi connectivity index (χ4n) is 1.52. The molecule has 1 amide bonds. The van der Waals surface area contributed by atoms with Crippen LogP contribution in [0.1, 0.15) is 27.6 Å². The number of nitrogens with zero attached hydrogens (tertiary/aromatic N) is 3. The van der Waals surface area contributed by atoms with Gasteiger partial charge in [0.05, 0.1) is 24.0 Å². The number of amides is 1. The minimum atomic E-state index is -0.114. The molecule has 0 spiro atoms. The fourth-order valence-corrected chi connectivity index (χ4v) is 2.04. The van der Waals surface area contributed by atoms with Crippen LogP contribution in [0.3, 0.4) is 0 Å². The lowest BCUT2D eigenvalue weighted by atomic mass is 10.3. The number of imidazole rings is 1. The summed E-state index contributed by atoms with van der Waals surface area (Å²) in [5.74, 6) is 0.744. The van der Waals surface area contributed by atoms with Crippen molar-refractivity contribution in [3.8, 4) is 0 Å². The lowest BCUT2D eigenvalue weighted by Crippen LogP contribution is -2.24. The van der Waals surface area contributed by atoms with Crippen LogP contribution in [0.15, 0.2) is 11.6 Å². The first-order valence-corrected chi connectivity index (χ1v) is 6.09. The van der Waals surface area contributed by atoms with Crippen molar-refractivity contribution in [3.63, 3.8) is 0 Å². The van der Waals surface area contributed by atoms with E-state index in [0.29, 0.717) is 12.1 Å². The van der Waals surface area contributed by atoms with E-state index in [1.807, 2.05) is 25.5 Å². The maximum atomic E-state index is 11.7. The largest absolute Gasteiger partial charge is 0.345 e. The average molecular weight is 250 g/mol. The van der Waals surface area contributed by atoms with E-state index >= 15 is 0 Å². The van der Waals surface area contributed by atoms with Gasteiger partial charge in [-0.1, -0.05) is 0 Å². The predicted molar refractivity (Wildman–Crippen MR) is 66.0 cm³/mol. The van der Waals surface area contributed by atoms with Gasteiger partial charge in [0.2, 0.25) is 0 Å². The van der Waals surface area contributed by atoms with Gasteiger partial charge in [-0.2, -0.15) is 0 Å². The van der Waals surface area contributed by atoms with Crippen LogP contribution in [0.2, 0.25) is 0 Å².